The fraction of sp³-hybridized carbons (Fsp3) is 0.917. The van der Waals surface area contributed by atoms with Crippen LogP contribution in [0.2, 0.25) is 0 Å². The summed E-state index contributed by atoms with van der Waals surface area (Å²) >= 11 is 5.28. The molecule has 0 atom stereocenters. The molecule has 4 heteroatoms. The number of rotatable bonds is 8. The molecule has 0 bridgehead atoms. The minimum absolute atomic E-state index is 0.725. The van der Waals surface area contributed by atoms with E-state index in [1.807, 2.05) is 14.0 Å². The average molecular weight is 246 g/mol. The average Bonchev–Trinajstić information content (AvgIpc) is 2.25. The van der Waals surface area contributed by atoms with E-state index in [0.717, 1.165) is 43.8 Å². The summed E-state index contributed by atoms with van der Waals surface area (Å²) in [5.41, 5.74) is 0. The van der Waals surface area contributed by atoms with Gasteiger partial charge in [0.05, 0.1) is 0 Å². The SMILES string of the molecule is CCOCCCNC(=S)N(C)CCC(C)C. The number of hydrogen-bond acceptors (Lipinski definition) is 2. The van der Waals surface area contributed by atoms with Crippen molar-refractivity contribution < 1.29 is 4.74 Å². The molecule has 0 unspecified atom stereocenters. The molecule has 0 saturated carbocycles. The number of thiocarbonyl (C=S) groups is 1. The van der Waals surface area contributed by atoms with Crippen LogP contribution in [0.25, 0.3) is 0 Å². The van der Waals surface area contributed by atoms with E-state index in [1.54, 1.807) is 0 Å². The van der Waals surface area contributed by atoms with Crippen molar-refractivity contribution >= 4 is 17.3 Å². The van der Waals surface area contributed by atoms with Crippen molar-refractivity contribution in [1.82, 2.24) is 10.2 Å². The molecule has 96 valence electrons. The molecule has 0 aliphatic rings. The second-order valence-corrected chi connectivity index (χ2v) is 4.77. The first-order chi connectivity index (χ1) is 7.57. The van der Waals surface area contributed by atoms with Gasteiger partial charge in [-0.2, -0.15) is 0 Å². The summed E-state index contributed by atoms with van der Waals surface area (Å²) in [6.45, 7) is 9.98. The Bertz CT molecular complexity index is 186. The van der Waals surface area contributed by atoms with Crippen LogP contribution in [-0.4, -0.2) is 43.4 Å². The summed E-state index contributed by atoms with van der Waals surface area (Å²) in [6, 6.07) is 0. The van der Waals surface area contributed by atoms with Crippen LogP contribution in [0, 0.1) is 5.92 Å². The first-order valence-electron chi connectivity index (χ1n) is 6.14. The molecular weight excluding hydrogens is 220 g/mol. The fourth-order valence-electron chi connectivity index (χ4n) is 1.20. The normalized spacial score (nSPS) is 10.6. The second kappa shape index (κ2) is 9.85. The van der Waals surface area contributed by atoms with E-state index >= 15 is 0 Å². The van der Waals surface area contributed by atoms with Gasteiger partial charge in [-0.15, -0.1) is 0 Å². The zero-order valence-corrected chi connectivity index (χ0v) is 11.9. The standard InChI is InChI=1S/C12H26N2OS/c1-5-15-10-6-8-13-12(16)14(4)9-7-11(2)3/h11H,5-10H2,1-4H3,(H,13,16). The lowest BCUT2D eigenvalue weighted by molar-refractivity contribution is 0.145. The maximum absolute atomic E-state index is 5.28. The zero-order valence-electron chi connectivity index (χ0n) is 11.1. The highest BCUT2D eigenvalue weighted by Gasteiger charge is 2.04. The first-order valence-corrected chi connectivity index (χ1v) is 6.55. The van der Waals surface area contributed by atoms with E-state index in [-0.39, 0.29) is 0 Å². The van der Waals surface area contributed by atoms with Gasteiger partial charge in [-0.3, -0.25) is 0 Å². The smallest absolute Gasteiger partial charge is 0.168 e. The monoisotopic (exact) mass is 246 g/mol. The lowest BCUT2D eigenvalue weighted by atomic mass is 10.1. The Labute approximate surface area is 106 Å². The second-order valence-electron chi connectivity index (χ2n) is 4.39. The topological polar surface area (TPSA) is 24.5 Å². The fourth-order valence-corrected chi connectivity index (χ4v) is 1.40. The first kappa shape index (κ1) is 15.7. The summed E-state index contributed by atoms with van der Waals surface area (Å²) in [7, 11) is 2.04. The number of hydrogen-bond donors (Lipinski definition) is 1. The molecule has 0 saturated heterocycles. The van der Waals surface area contributed by atoms with Gasteiger partial charge in [-0.05, 0) is 37.9 Å². The molecule has 16 heavy (non-hydrogen) atoms. The summed E-state index contributed by atoms with van der Waals surface area (Å²) in [5, 5.41) is 4.09. The van der Waals surface area contributed by atoms with Gasteiger partial charge in [0.15, 0.2) is 5.11 Å². The molecule has 0 aromatic carbocycles. The Morgan fingerprint density at radius 1 is 1.44 bits per heavy atom. The maximum Gasteiger partial charge on any atom is 0.168 e. The van der Waals surface area contributed by atoms with Crippen LogP contribution in [0.4, 0.5) is 0 Å². The number of nitrogens with zero attached hydrogens (tertiary/aromatic N) is 1. The third kappa shape index (κ3) is 8.92. The highest BCUT2D eigenvalue weighted by atomic mass is 32.1. The molecule has 0 aromatic rings. The Kier molecular flexibility index (Phi) is 9.63. The molecule has 0 rings (SSSR count). The predicted octanol–water partition coefficient (Wildman–Crippen LogP) is 2.27. The molecule has 3 nitrogen and oxygen atoms in total. The van der Waals surface area contributed by atoms with Crippen LogP contribution in [-0.2, 0) is 4.74 Å². The van der Waals surface area contributed by atoms with E-state index in [4.69, 9.17) is 17.0 Å². The number of ether oxygens (including phenoxy) is 1. The Balaban J connectivity index is 3.47. The summed E-state index contributed by atoms with van der Waals surface area (Å²) in [6.07, 6.45) is 2.18. The van der Waals surface area contributed by atoms with Crippen molar-refractivity contribution in [3.63, 3.8) is 0 Å². The van der Waals surface area contributed by atoms with Gasteiger partial charge in [0.1, 0.15) is 0 Å². The summed E-state index contributed by atoms with van der Waals surface area (Å²) in [5.74, 6) is 0.725. The summed E-state index contributed by atoms with van der Waals surface area (Å²) < 4.78 is 5.26. The highest BCUT2D eigenvalue weighted by molar-refractivity contribution is 7.80. The molecule has 0 fully saturated rings. The Morgan fingerprint density at radius 3 is 2.69 bits per heavy atom. The molecule has 0 amide bonds. The van der Waals surface area contributed by atoms with Crippen LogP contribution in [0.1, 0.15) is 33.6 Å². The maximum atomic E-state index is 5.28. The predicted molar refractivity (Wildman–Crippen MR) is 73.8 cm³/mol. The Morgan fingerprint density at radius 2 is 2.12 bits per heavy atom. The van der Waals surface area contributed by atoms with Crippen molar-refractivity contribution in [2.75, 3.05) is 33.4 Å². The molecule has 0 spiro atoms. The molecule has 0 aliphatic heterocycles. The lowest BCUT2D eigenvalue weighted by Crippen LogP contribution is -2.38. The van der Waals surface area contributed by atoms with Gasteiger partial charge in [0.25, 0.3) is 0 Å². The minimum atomic E-state index is 0.725. The zero-order chi connectivity index (χ0) is 12.4. The third-order valence-corrected chi connectivity index (χ3v) is 2.79. The molecule has 0 heterocycles. The van der Waals surface area contributed by atoms with Crippen molar-refractivity contribution in [1.29, 1.82) is 0 Å². The van der Waals surface area contributed by atoms with Gasteiger partial charge in [-0.1, -0.05) is 13.8 Å². The van der Waals surface area contributed by atoms with Gasteiger partial charge in [0.2, 0.25) is 0 Å². The van der Waals surface area contributed by atoms with E-state index in [2.05, 4.69) is 24.1 Å². The van der Waals surface area contributed by atoms with Crippen LogP contribution < -0.4 is 5.32 Å². The third-order valence-electron chi connectivity index (χ3n) is 2.33. The van der Waals surface area contributed by atoms with Gasteiger partial charge in [0, 0.05) is 33.4 Å². The Hall–Kier alpha value is -0.350. The molecule has 0 aromatic heterocycles. The van der Waals surface area contributed by atoms with Gasteiger partial charge < -0.3 is 15.0 Å². The molecular formula is C12H26N2OS. The van der Waals surface area contributed by atoms with E-state index in [0.29, 0.717) is 0 Å². The van der Waals surface area contributed by atoms with Crippen LogP contribution in [0.5, 0.6) is 0 Å². The van der Waals surface area contributed by atoms with Gasteiger partial charge >= 0.3 is 0 Å². The van der Waals surface area contributed by atoms with Gasteiger partial charge in [-0.25, -0.2) is 0 Å². The van der Waals surface area contributed by atoms with Crippen molar-refractivity contribution in [2.24, 2.45) is 5.92 Å². The summed E-state index contributed by atoms with van der Waals surface area (Å²) in [4.78, 5) is 2.11. The molecule has 1 N–H and O–H groups in total. The van der Waals surface area contributed by atoms with Crippen molar-refractivity contribution in [2.45, 2.75) is 33.6 Å². The highest BCUT2D eigenvalue weighted by Crippen LogP contribution is 2.00. The minimum Gasteiger partial charge on any atom is -0.382 e. The van der Waals surface area contributed by atoms with Crippen LogP contribution in [0.3, 0.4) is 0 Å². The van der Waals surface area contributed by atoms with Crippen LogP contribution in [0.15, 0.2) is 0 Å². The van der Waals surface area contributed by atoms with Crippen molar-refractivity contribution in [3.05, 3.63) is 0 Å². The number of nitrogens with one attached hydrogen (secondary N) is 1. The quantitative estimate of drug-likeness (QED) is 0.524. The largest absolute Gasteiger partial charge is 0.382 e. The van der Waals surface area contributed by atoms with E-state index in [9.17, 15) is 0 Å². The lowest BCUT2D eigenvalue weighted by Gasteiger charge is -2.21. The van der Waals surface area contributed by atoms with Crippen molar-refractivity contribution in [3.8, 4) is 0 Å². The van der Waals surface area contributed by atoms with Crippen LogP contribution >= 0.6 is 12.2 Å². The molecule has 0 aliphatic carbocycles. The van der Waals surface area contributed by atoms with E-state index in [1.165, 1.54) is 6.42 Å². The van der Waals surface area contributed by atoms with E-state index < -0.39 is 0 Å². The molecule has 0 radical (unpaired) electrons.